The van der Waals surface area contributed by atoms with E-state index in [1.54, 1.807) is 34.8 Å². The molecule has 0 N–H and O–H groups in total. The molecule has 1 aliphatic rings. The predicted octanol–water partition coefficient (Wildman–Crippen LogP) is 2.68. The lowest BCUT2D eigenvalue weighted by atomic mass is 10.0. The van der Waals surface area contributed by atoms with E-state index in [9.17, 15) is 14.0 Å². The zero-order valence-corrected chi connectivity index (χ0v) is 14.0. The van der Waals surface area contributed by atoms with Gasteiger partial charge >= 0.3 is 5.97 Å². The van der Waals surface area contributed by atoms with E-state index in [1.807, 2.05) is 0 Å². The van der Waals surface area contributed by atoms with Crippen molar-refractivity contribution in [3.05, 3.63) is 53.6 Å². The van der Waals surface area contributed by atoms with Gasteiger partial charge in [-0.1, -0.05) is 12.1 Å². The van der Waals surface area contributed by atoms with Gasteiger partial charge in [-0.15, -0.1) is 0 Å². The van der Waals surface area contributed by atoms with Crippen LogP contribution in [0.5, 0.6) is 0 Å². The van der Waals surface area contributed by atoms with Gasteiger partial charge in [-0.25, -0.2) is 9.18 Å². The summed E-state index contributed by atoms with van der Waals surface area (Å²) < 4.78 is 20.5. The highest BCUT2D eigenvalue weighted by Crippen LogP contribution is 2.23. The van der Waals surface area contributed by atoms with Crippen LogP contribution in [0.1, 0.15) is 46.5 Å². The lowest BCUT2D eigenvalue weighted by Crippen LogP contribution is -2.41. The third-order valence-corrected chi connectivity index (χ3v) is 4.27. The highest BCUT2D eigenvalue weighted by Gasteiger charge is 2.27. The van der Waals surface area contributed by atoms with Gasteiger partial charge in [-0.3, -0.25) is 9.48 Å². The molecule has 0 saturated carbocycles. The number of carbonyl (C=O) groups excluding carboxylic acids is 2. The van der Waals surface area contributed by atoms with Crippen molar-refractivity contribution in [2.75, 3.05) is 19.7 Å². The second-order valence-electron chi connectivity index (χ2n) is 5.96. The lowest BCUT2D eigenvalue weighted by molar-refractivity contribution is 0.0524. The van der Waals surface area contributed by atoms with E-state index in [0.29, 0.717) is 25.3 Å². The summed E-state index contributed by atoms with van der Waals surface area (Å²) in [6.07, 6.45) is 4.74. The largest absolute Gasteiger partial charge is 0.462 e. The summed E-state index contributed by atoms with van der Waals surface area (Å²) >= 11 is 0. The zero-order valence-electron chi connectivity index (χ0n) is 14.0. The molecule has 0 radical (unpaired) electrons. The molecular formula is C18H20FN3O3. The standard InChI is InChI=1S/C18H20FN3O3/c1-2-25-18(24)13-10-20-22(11-13)14-6-5-9-21(12-14)17(23)15-7-3-4-8-16(15)19/h3-4,7-8,10-11,14H,2,5-6,9,12H2,1H3/t14-/m1/s1. The molecule has 6 nitrogen and oxygen atoms in total. The Morgan fingerprint density at radius 2 is 2.16 bits per heavy atom. The number of piperidine rings is 1. The molecular weight excluding hydrogens is 325 g/mol. The Hall–Kier alpha value is -2.70. The molecule has 1 saturated heterocycles. The highest BCUT2D eigenvalue weighted by molar-refractivity contribution is 5.94. The number of benzene rings is 1. The van der Waals surface area contributed by atoms with Gasteiger partial charge in [-0.2, -0.15) is 5.10 Å². The molecule has 1 fully saturated rings. The van der Waals surface area contributed by atoms with Crippen LogP contribution in [-0.2, 0) is 4.74 Å². The van der Waals surface area contributed by atoms with Crippen molar-refractivity contribution in [2.24, 2.45) is 0 Å². The number of rotatable bonds is 4. The van der Waals surface area contributed by atoms with E-state index in [0.717, 1.165) is 12.8 Å². The third kappa shape index (κ3) is 3.70. The van der Waals surface area contributed by atoms with Crippen molar-refractivity contribution in [3.8, 4) is 0 Å². The summed E-state index contributed by atoms with van der Waals surface area (Å²) in [5.74, 6) is -1.25. The fourth-order valence-electron chi connectivity index (χ4n) is 3.02. The molecule has 1 aliphatic heterocycles. The van der Waals surface area contributed by atoms with E-state index in [-0.39, 0.29) is 17.5 Å². The van der Waals surface area contributed by atoms with Crippen LogP contribution in [0.25, 0.3) is 0 Å². The second-order valence-corrected chi connectivity index (χ2v) is 5.96. The maximum Gasteiger partial charge on any atom is 0.341 e. The predicted molar refractivity (Wildman–Crippen MR) is 88.8 cm³/mol. The maximum atomic E-state index is 13.9. The smallest absolute Gasteiger partial charge is 0.341 e. The Balaban J connectivity index is 1.72. The number of hydrogen-bond acceptors (Lipinski definition) is 4. The van der Waals surface area contributed by atoms with Crippen LogP contribution in [0.2, 0.25) is 0 Å². The van der Waals surface area contributed by atoms with Gasteiger partial charge in [0.1, 0.15) is 5.82 Å². The minimum Gasteiger partial charge on any atom is -0.462 e. The van der Waals surface area contributed by atoms with E-state index >= 15 is 0 Å². The van der Waals surface area contributed by atoms with Gasteiger partial charge in [0.25, 0.3) is 5.91 Å². The first kappa shape index (κ1) is 17.1. The summed E-state index contributed by atoms with van der Waals surface area (Å²) in [6.45, 7) is 3.06. The number of nitrogens with zero attached hydrogens (tertiary/aromatic N) is 3. The van der Waals surface area contributed by atoms with E-state index < -0.39 is 11.8 Å². The van der Waals surface area contributed by atoms with Gasteiger partial charge in [0.05, 0.1) is 30.0 Å². The van der Waals surface area contributed by atoms with Crippen molar-refractivity contribution in [2.45, 2.75) is 25.8 Å². The lowest BCUT2D eigenvalue weighted by Gasteiger charge is -2.33. The second kappa shape index (κ2) is 7.46. The van der Waals surface area contributed by atoms with Crippen LogP contribution in [0, 0.1) is 5.82 Å². The van der Waals surface area contributed by atoms with Crippen LogP contribution in [-0.4, -0.2) is 46.3 Å². The zero-order chi connectivity index (χ0) is 17.8. The van der Waals surface area contributed by atoms with Crippen molar-refractivity contribution >= 4 is 11.9 Å². The Morgan fingerprint density at radius 3 is 2.92 bits per heavy atom. The molecule has 2 heterocycles. The number of likely N-dealkylation sites (tertiary alicyclic amines) is 1. The number of esters is 1. The van der Waals surface area contributed by atoms with E-state index in [4.69, 9.17) is 4.74 Å². The number of halogens is 1. The van der Waals surface area contributed by atoms with Gasteiger partial charge in [-0.05, 0) is 31.9 Å². The van der Waals surface area contributed by atoms with Gasteiger partial charge in [0.15, 0.2) is 0 Å². The molecule has 0 aliphatic carbocycles. The van der Waals surface area contributed by atoms with Crippen LogP contribution < -0.4 is 0 Å². The number of ether oxygens (including phenoxy) is 1. The topological polar surface area (TPSA) is 64.4 Å². The Bertz CT molecular complexity index is 774. The van der Waals surface area contributed by atoms with Crippen LogP contribution in [0.15, 0.2) is 36.7 Å². The molecule has 7 heteroatoms. The summed E-state index contributed by atoms with van der Waals surface area (Å²) in [6, 6.07) is 5.94. The summed E-state index contributed by atoms with van der Waals surface area (Å²) in [7, 11) is 0. The van der Waals surface area contributed by atoms with Crippen LogP contribution in [0.3, 0.4) is 0 Å². The molecule has 3 rings (SSSR count). The van der Waals surface area contributed by atoms with Gasteiger partial charge in [0.2, 0.25) is 0 Å². The normalized spacial score (nSPS) is 17.4. The fourth-order valence-corrected chi connectivity index (χ4v) is 3.02. The molecule has 0 bridgehead atoms. The van der Waals surface area contributed by atoms with Crippen molar-refractivity contribution in [1.82, 2.24) is 14.7 Å². The Labute approximate surface area is 145 Å². The molecule has 0 unspecified atom stereocenters. The Morgan fingerprint density at radius 1 is 1.36 bits per heavy atom. The summed E-state index contributed by atoms with van der Waals surface area (Å²) in [5.41, 5.74) is 0.468. The Kier molecular flexibility index (Phi) is 5.11. The van der Waals surface area contributed by atoms with Crippen molar-refractivity contribution < 1.29 is 18.7 Å². The fraction of sp³-hybridized carbons (Fsp3) is 0.389. The van der Waals surface area contributed by atoms with Gasteiger partial charge in [0, 0.05) is 19.3 Å². The summed E-state index contributed by atoms with van der Waals surface area (Å²) in [4.78, 5) is 26.0. The van der Waals surface area contributed by atoms with E-state index in [1.165, 1.54) is 18.3 Å². The molecule has 0 spiro atoms. The molecule has 25 heavy (non-hydrogen) atoms. The number of amides is 1. The van der Waals surface area contributed by atoms with E-state index in [2.05, 4.69) is 5.10 Å². The van der Waals surface area contributed by atoms with Gasteiger partial charge < -0.3 is 9.64 Å². The third-order valence-electron chi connectivity index (χ3n) is 4.27. The molecule has 1 amide bonds. The molecule has 1 atom stereocenters. The molecule has 132 valence electrons. The number of carbonyl (C=O) groups is 2. The monoisotopic (exact) mass is 345 g/mol. The molecule has 1 aromatic carbocycles. The van der Waals surface area contributed by atoms with Crippen LogP contribution in [0.4, 0.5) is 4.39 Å². The average Bonchev–Trinajstić information content (AvgIpc) is 3.12. The first-order chi connectivity index (χ1) is 12.1. The summed E-state index contributed by atoms with van der Waals surface area (Å²) in [5, 5.41) is 4.23. The van der Waals surface area contributed by atoms with Crippen LogP contribution >= 0.6 is 0 Å². The van der Waals surface area contributed by atoms with Crippen molar-refractivity contribution in [1.29, 1.82) is 0 Å². The maximum absolute atomic E-state index is 13.9. The quantitative estimate of drug-likeness (QED) is 0.799. The molecule has 2 aromatic rings. The first-order valence-electron chi connectivity index (χ1n) is 8.35. The highest BCUT2D eigenvalue weighted by atomic mass is 19.1. The SMILES string of the molecule is CCOC(=O)c1cnn([C@@H]2CCCN(C(=O)c3ccccc3F)C2)c1. The minimum atomic E-state index is -0.515. The average molecular weight is 345 g/mol. The molecule has 1 aromatic heterocycles. The number of hydrogen-bond donors (Lipinski definition) is 0. The van der Waals surface area contributed by atoms with Crippen molar-refractivity contribution in [3.63, 3.8) is 0 Å². The minimum absolute atomic E-state index is 0.0485. The number of aromatic nitrogens is 2. The first-order valence-corrected chi connectivity index (χ1v) is 8.35.